The summed E-state index contributed by atoms with van der Waals surface area (Å²) in [6.45, 7) is 4.83. The van der Waals surface area contributed by atoms with E-state index in [0.717, 1.165) is 54.4 Å². The molecule has 164 valence electrons. The first-order valence-corrected chi connectivity index (χ1v) is 10.8. The van der Waals surface area contributed by atoms with Gasteiger partial charge in [-0.3, -0.25) is 9.48 Å². The average Bonchev–Trinajstić information content (AvgIpc) is 3.06. The third kappa shape index (κ3) is 4.58. The minimum Gasteiger partial charge on any atom is -0.364 e. The van der Waals surface area contributed by atoms with Gasteiger partial charge in [0.1, 0.15) is 0 Å². The zero-order valence-corrected chi connectivity index (χ0v) is 17.9. The van der Waals surface area contributed by atoms with Crippen LogP contribution in [0.15, 0.2) is 18.3 Å². The van der Waals surface area contributed by atoms with Gasteiger partial charge in [0, 0.05) is 35.9 Å². The number of nitrogens with one attached hydrogen (secondary N) is 2. The van der Waals surface area contributed by atoms with Crippen molar-refractivity contribution in [3.8, 4) is 0 Å². The van der Waals surface area contributed by atoms with Gasteiger partial charge in [0.15, 0.2) is 11.5 Å². The molecule has 2 aromatic heterocycles. The zero-order valence-electron chi connectivity index (χ0n) is 17.9. The highest BCUT2D eigenvalue weighted by molar-refractivity contribution is 5.96. The highest BCUT2D eigenvalue weighted by atomic mass is 16.1. The Morgan fingerprint density at radius 2 is 2.03 bits per heavy atom. The number of benzene rings is 1. The minimum absolute atomic E-state index is 0.0160. The fourth-order valence-corrected chi connectivity index (χ4v) is 4.05. The smallest absolute Gasteiger partial charge is 0.273 e. The molecule has 2 heterocycles. The SMILES string of the molecule is CCn1cc2cc(Nc3nc(N[C@@H]4CCCCC[C@@H]4N)nnc3C(N)=O)cc(C)c2n1. The summed E-state index contributed by atoms with van der Waals surface area (Å²) >= 11 is 0. The number of rotatable bonds is 6. The number of primary amides is 1. The maximum Gasteiger partial charge on any atom is 0.273 e. The molecule has 1 saturated carbocycles. The molecule has 0 unspecified atom stereocenters. The van der Waals surface area contributed by atoms with Gasteiger partial charge in [-0.15, -0.1) is 10.2 Å². The second-order valence-electron chi connectivity index (χ2n) is 8.09. The van der Waals surface area contributed by atoms with E-state index in [9.17, 15) is 4.79 Å². The van der Waals surface area contributed by atoms with E-state index in [1.807, 2.05) is 36.9 Å². The number of nitrogens with zero attached hydrogens (tertiary/aromatic N) is 5. The second kappa shape index (κ2) is 8.84. The van der Waals surface area contributed by atoms with Gasteiger partial charge in [0.05, 0.1) is 5.52 Å². The van der Waals surface area contributed by atoms with E-state index in [-0.39, 0.29) is 23.6 Å². The number of hydrogen-bond acceptors (Lipinski definition) is 8. The molecule has 0 aliphatic heterocycles. The summed E-state index contributed by atoms with van der Waals surface area (Å²) in [5, 5.41) is 20.1. The molecule has 1 amide bonds. The predicted molar refractivity (Wildman–Crippen MR) is 120 cm³/mol. The summed E-state index contributed by atoms with van der Waals surface area (Å²) in [5.41, 5.74) is 14.5. The Bertz CT molecular complexity index is 1090. The lowest BCUT2D eigenvalue weighted by atomic mass is 10.0. The lowest BCUT2D eigenvalue weighted by Crippen LogP contribution is -2.40. The number of amides is 1. The van der Waals surface area contributed by atoms with Gasteiger partial charge in [-0.1, -0.05) is 19.3 Å². The van der Waals surface area contributed by atoms with Crippen molar-refractivity contribution in [2.45, 2.75) is 64.6 Å². The summed E-state index contributed by atoms with van der Waals surface area (Å²) in [5.74, 6) is -0.114. The molecule has 3 aromatic rings. The van der Waals surface area contributed by atoms with Crippen molar-refractivity contribution in [1.82, 2.24) is 25.0 Å². The Kier molecular flexibility index (Phi) is 5.99. The highest BCUT2D eigenvalue weighted by Gasteiger charge is 2.22. The second-order valence-corrected chi connectivity index (χ2v) is 8.09. The van der Waals surface area contributed by atoms with E-state index in [2.05, 4.69) is 30.9 Å². The van der Waals surface area contributed by atoms with Crippen LogP contribution in [-0.4, -0.2) is 43.0 Å². The lowest BCUT2D eigenvalue weighted by molar-refractivity contribution is 0.0995. The lowest BCUT2D eigenvalue weighted by Gasteiger charge is -2.22. The van der Waals surface area contributed by atoms with E-state index in [1.165, 1.54) is 6.42 Å². The quantitative estimate of drug-likeness (QED) is 0.442. The molecule has 10 nitrogen and oxygen atoms in total. The third-order valence-electron chi connectivity index (χ3n) is 5.74. The largest absolute Gasteiger partial charge is 0.364 e. The standard InChI is InChI=1S/C21H29N9O/c1-3-30-11-13-10-14(9-12(2)17(13)29-30)24-20-18(19(23)31)27-28-21(26-20)25-16-8-6-4-5-7-15(16)22/h9-11,15-16H,3-8,22H2,1-2H3,(H2,23,31)(H2,24,25,26,28)/t15-,16+/m0/s1. The number of fused-ring (bicyclic) bond motifs is 1. The number of carbonyl (C=O) groups is 1. The summed E-state index contributed by atoms with van der Waals surface area (Å²) in [6, 6.07) is 4.01. The zero-order chi connectivity index (χ0) is 22.0. The third-order valence-corrected chi connectivity index (χ3v) is 5.74. The maximum absolute atomic E-state index is 11.9. The van der Waals surface area contributed by atoms with Crippen molar-refractivity contribution in [1.29, 1.82) is 0 Å². The van der Waals surface area contributed by atoms with Crippen LogP contribution in [0.2, 0.25) is 0 Å². The van der Waals surface area contributed by atoms with Crippen LogP contribution in [0.3, 0.4) is 0 Å². The molecule has 1 aromatic carbocycles. The fourth-order valence-electron chi connectivity index (χ4n) is 4.05. The van der Waals surface area contributed by atoms with Crippen LogP contribution in [0.25, 0.3) is 10.9 Å². The highest BCUT2D eigenvalue weighted by Crippen LogP contribution is 2.26. The average molecular weight is 424 g/mol. The van der Waals surface area contributed by atoms with Crippen LogP contribution in [0, 0.1) is 6.92 Å². The minimum atomic E-state index is -0.697. The number of nitrogens with two attached hydrogens (primary N) is 2. The Hall–Kier alpha value is -3.27. The number of anilines is 3. The van der Waals surface area contributed by atoms with E-state index in [4.69, 9.17) is 11.5 Å². The summed E-state index contributed by atoms with van der Waals surface area (Å²) in [4.78, 5) is 16.4. The van der Waals surface area contributed by atoms with E-state index < -0.39 is 5.91 Å². The number of aromatic nitrogens is 5. The molecule has 10 heteroatoms. The molecule has 0 radical (unpaired) electrons. The molecule has 2 atom stereocenters. The first kappa shape index (κ1) is 21.0. The van der Waals surface area contributed by atoms with Gasteiger partial charge in [-0.25, -0.2) is 0 Å². The van der Waals surface area contributed by atoms with Crippen LogP contribution in [-0.2, 0) is 6.54 Å². The predicted octanol–water partition coefficient (Wildman–Crippen LogP) is 2.46. The molecule has 1 aliphatic rings. The summed E-state index contributed by atoms with van der Waals surface area (Å²) in [6.07, 6.45) is 7.30. The van der Waals surface area contributed by atoms with Crippen LogP contribution in [0.4, 0.5) is 17.5 Å². The van der Waals surface area contributed by atoms with Gasteiger partial charge in [-0.05, 0) is 44.4 Å². The molecule has 0 spiro atoms. The fraction of sp³-hybridized carbons (Fsp3) is 0.476. The molecular weight excluding hydrogens is 394 g/mol. The van der Waals surface area contributed by atoms with Crippen molar-refractivity contribution >= 4 is 34.3 Å². The van der Waals surface area contributed by atoms with Crippen molar-refractivity contribution in [2.75, 3.05) is 10.6 Å². The molecular formula is C21H29N9O. The molecule has 6 N–H and O–H groups in total. The Morgan fingerprint density at radius 1 is 1.23 bits per heavy atom. The van der Waals surface area contributed by atoms with E-state index in [1.54, 1.807) is 0 Å². The maximum atomic E-state index is 11.9. The Morgan fingerprint density at radius 3 is 2.81 bits per heavy atom. The van der Waals surface area contributed by atoms with Crippen LogP contribution in [0.5, 0.6) is 0 Å². The first-order valence-electron chi connectivity index (χ1n) is 10.8. The van der Waals surface area contributed by atoms with Crippen LogP contribution >= 0.6 is 0 Å². The summed E-state index contributed by atoms with van der Waals surface area (Å²) < 4.78 is 1.89. The normalized spacial score (nSPS) is 19.2. The molecule has 0 bridgehead atoms. The monoisotopic (exact) mass is 423 g/mol. The number of aryl methyl sites for hydroxylation is 2. The molecule has 1 aliphatic carbocycles. The summed E-state index contributed by atoms with van der Waals surface area (Å²) in [7, 11) is 0. The molecule has 31 heavy (non-hydrogen) atoms. The van der Waals surface area contributed by atoms with Crippen molar-refractivity contribution in [3.63, 3.8) is 0 Å². The van der Waals surface area contributed by atoms with Gasteiger partial charge in [0.25, 0.3) is 5.91 Å². The van der Waals surface area contributed by atoms with Crippen molar-refractivity contribution in [2.24, 2.45) is 11.5 Å². The topological polar surface area (TPSA) is 150 Å². The Balaban J connectivity index is 1.64. The van der Waals surface area contributed by atoms with E-state index >= 15 is 0 Å². The van der Waals surface area contributed by atoms with Crippen molar-refractivity contribution in [3.05, 3.63) is 29.6 Å². The Labute approximate surface area is 180 Å². The number of hydrogen-bond donors (Lipinski definition) is 4. The van der Waals surface area contributed by atoms with Gasteiger partial charge in [-0.2, -0.15) is 10.1 Å². The number of carbonyl (C=O) groups excluding carboxylic acids is 1. The van der Waals surface area contributed by atoms with E-state index in [0.29, 0.717) is 5.95 Å². The van der Waals surface area contributed by atoms with Gasteiger partial charge in [0.2, 0.25) is 5.95 Å². The van der Waals surface area contributed by atoms with Gasteiger partial charge < -0.3 is 22.1 Å². The van der Waals surface area contributed by atoms with Gasteiger partial charge >= 0.3 is 0 Å². The molecule has 0 saturated heterocycles. The van der Waals surface area contributed by atoms with Crippen LogP contribution in [0.1, 0.15) is 55.1 Å². The molecule has 1 fully saturated rings. The van der Waals surface area contributed by atoms with Crippen LogP contribution < -0.4 is 22.1 Å². The first-order chi connectivity index (χ1) is 14.9. The molecule has 4 rings (SSSR count). The van der Waals surface area contributed by atoms with Crippen molar-refractivity contribution < 1.29 is 4.79 Å².